The quantitative estimate of drug-likeness (QED) is 0.816. The first kappa shape index (κ1) is 12.8. The summed E-state index contributed by atoms with van der Waals surface area (Å²) in [6.07, 6.45) is 4.25. The molecule has 5 nitrogen and oxygen atoms in total. The molecular formula is C13H19N3O2. The SMILES string of the molecule is CCCNC(C)c1nnc(CCc2ccco2)o1. The molecule has 2 rings (SSSR count). The van der Waals surface area contributed by atoms with E-state index in [9.17, 15) is 0 Å². The molecule has 98 valence electrons. The van der Waals surface area contributed by atoms with Gasteiger partial charge in [-0.2, -0.15) is 0 Å². The van der Waals surface area contributed by atoms with Gasteiger partial charge in [-0.1, -0.05) is 6.92 Å². The molecule has 0 radical (unpaired) electrons. The third-order valence-electron chi connectivity index (χ3n) is 2.72. The summed E-state index contributed by atoms with van der Waals surface area (Å²) in [6.45, 7) is 5.10. The zero-order chi connectivity index (χ0) is 12.8. The van der Waals surface area contributed by atoms with Crippen LogP contribution in [0.5, 0.6) is 0 Å². The zero-order valence-corrected chi connectivity index (χ0v) is 10.8. The van der Waals surface area contributed by atoms with Crippen LogP contribution >= 0.6 is 0 Å². The average Bonchev–Trinajstić information content (AvgIpc) is 3.04. The van der Waals surface area contributed by atoms with Crippen molar-refractivity contribution in [2.45, 2.75) is 39.2 Å². The van der Waals surface area contributed by atoms with E-state index in [4.69, 9.17) is 8.83 Å². The minimum atomic E-state index is 0.106. The van der Waals surface area contributed by atoms with Crippen molar-refractivity contribution in [3.05, 3.63) is 35.9 Å². The predicted octanol–water partition coefficient (Wildman–Crippen LogP) is 2.51. The highest BCUT2D eigenvalue weighted by Gasteiger charge is 2.13. The summed E-state index contributed by atoms with van der Waals surface area (Å²) in [5, 5.41) is 11.4. The number of nitrogens with one attached hydrogen (secondary N) is 1. The Hall–Kier alpha value is -1.62. The van der Waals surface area contributed by atoms with Crippen molar-refractivity contribution < 1.29 is 8.83 Å². The van der Waals surface area contributed by atoms with Gasteiger partial charge in [0.2, 0.25) is 11.8 Å². The molecule has 0 spiro atoms. The molecule has 2 heterocycles. The van der Waals surface area contributed by atoms with Crippen LogP contribution in [-0.2, 0) is 12.8 Å². The summed E-state index contributed by atoms with van der Waals surface area (Å²) >= 11 is 0. The molecule has 1 unspecified atom stereocenters. The van der Waals surface area contributed by atoms with E-state index in [1.54, 1.807) is 6.26 Å². The zero-order valence-electron chi connectivity index (χ0n) is 10.8. The number of aryl methyl sites for hydroxylation is 2. The van der Waals surface area contributed by atoms with E-state index in [0.717, 1.165) is 25.1 Å². The number of aromatic nitrogens is 2. The average molecular weight is 249 g/mol. The molecule has 1 N–H and O–H groups in total. The number of hydrogen-bond acceptors (Lipinski definition) is 5. The number of furan rings is 1. The fourth-order valence-electron chi connectivity index (χ4n) is 1.68. The second-order valence-corrected chi connectivity index (χ2v) is 4.29. The number of hydrogen-bond donors (Lipinski definition) is 1. The first-order chi connectivity index (χ1) is 8.79. The predicted molar refractivity (Wildman–Crippen MR) is 67.1 cm³/mol. The van der Waals surface area contributed by atoms with E-state index in [2.05, 4.69) is 22.4 Å². The molecule has 0 bridgehead atoms. The van der Waals surface area contributed by atoms with E-state index in [1.165, 1.54) is 0 Å². The molecular weight excluding hydrogens is 230 g/mol. The van der Waals surface area contributed by atoms with Crippen LogP contribution in [0, 0.1) is 0 Å². The van der Waals surface area contributed by atoms with Gasteiger partial charge in [0.05, 0.1) is 12.3 Å². The molecule has 2 aromatic rings. The third kappa shape index (κ3) is 3.43. The highest BCUT2D eigenvalue weighted by Crippen LogP contribution is 2.12. The van der Waals surface area contributed by atoms with E-state index in [1.807, 2.05) is 19.1 Å². The van der Waals surface area contributed by atoms with E-state index in [0.29, 0.717) is 18.2 Å². The maximum absolute atomic E-state index is 5.61. The topological polar surface area (TPSA) is 64.1 Å². The van der Waals surface area contributed by atoms with Crippen LogP contribution < -0.4 is 5.32 Å². The fraction of sp³-hybridized carbons (Fsp3) is 0.538. The highest BCUT2D eigenvalue weighted by molar-refractivity contribution is 5.00. The highest BCUT2D eigenvalue weighted by atomic mass is 16.4. The molecule has 0 saturated carbocycles. The van der Waals surface area contributed by atoms with Gasteiger partial charge in [0, 0.05) is 12.8 Å². The van der Waals surface area contributed by atoms with Crippen molar-refractivity contribution in [1.29, 1.82) is 0 Å². The van der Waals surface area contributed by atoms with Crippen LogP contribution in [0.3, 0.4) is 0 Å². The lowest BCUT2D eigenvalue weighted by atomic mass is 10.2. The Balaban J connectivity index is 1.85. The molecule has 2 aromatic heterocycles. The Morgan fingerprint density at radius 2 is 2.22 bits per heavy atom. The van der Waals surface area contributed by atoms with Crippen LogP contribution in [0.1, 0.15) is 43.9 Å². The molecule has 0 fully saturated rings. The molecule has 0 aliphatic carbocycles. The lowest BCUT2D eigenvalue weighted by molar-refractivity contribution is 0.389. The second-order valence-electron chi connectivity index (χ2n) is 4.29. The van der Waals surface area contributed by atoms with Gasteiger partial charge in [0.15, 0.2) is 0 Å². The maximum Gasteiger partial charge on any atom is 0.233 e. The van der Waals surface area contributed by atoms with Gasteiger partial charge in [-0.05, 0) is 32.0 Å². The van der Waals surface area contributed by atoms with Crippen molar-refractivity contribution in [1.82, 2.24) is 15.5 Å². The van der Waals surface area contributed by atoms with Crippen molar-refractivity contribution in [2.24, 2.45) is 0 Å². The summed E-state index contributed by atoms with van der Waals surface area (Å²) in [5.41, 5.74) is 0. The molecule has 0 aliphatic heterocycles. The minimum absolute atomic E-state index is 0.106. The summed E-state index contributed by atoms with van der Waals surface area (Å²) < 4.78 is 10.9. The minimum Gasteiger partial charge on any atom is -0.469 e. The van der Waals surface area contributed by atoms with Gasteiger partial charge < -0.3 is 14.2 Å². The lowest BCUT2D eigenvalue weighted by Crippen LogP contribution is -2.19. The van der Waals surface area contributed by atoms with Gasteiger partial charge >= 0.3 is 0 Å². The van der Waals surface area contributed by atoms with Crippen LogP contribution in [0.15, 0.2) is 27.2 Å². The summed E-state index contributed by atoms with van der Waals surface area (Å²) in [6, 6.07) is 3.93. The fourth-order valence-corrected chi connectivity index (χ4v) is 1.68. The Kier molecular flexibility index (Phi) is 4.52. The Bertz CT molecular complexity index is 451. The number of rotatable bonds is 7. The van der Waals surface area contributed by atoms with Crippen molar-refractivity contribution in [3.8, 4) is 0 Å². The second kappa shape index (κ2) is 6.35. The summed E-state index contributed by atoms with van der Waals surface area (Å²) in [4.78, 5) is 0. The van der Waals surface area contributed by atoms with Gasteiger partial charge in [0.1, 0.15) is 5.76 Å². The van der Waals surface area contributed by atoms with Crippen LogP contribution in [0.25, 0.3) is 0 Å². The van der Waals surface area contributed by atoms with Crippen molar-refractivity contribution in [2.75, 3.05) is 6.54 Å². The maximum atomic E-state index is 5.61. The van der Waals surface area contributed by atoms with E-state index in [-0.39, 0.29) is 6.04 Å². The van der Waals surface area contributed by atoms with Crippen LogP contribution in [0.4, 0.5) is 0 Å². The Labute approximate surface area is 107 Å². The molecule has 0 amide bonds. The van der Waals surface area contributed by atoms with Gasteiger partial charge in [0.25, 0.3) is 0 Å². The largest absolute Gasteiger partial charge is 0.469 e. The standard InChI is InChI=1S/C13H19N3O2/c1-3-8-14-10(2)13-16-15-12(18-13)7-6-11-5-4-9-17-11/h4-5,9-10,14H,3,6-8H2,1-2H3. The normalized spacial score (nSPS) is 12.8. The molecule has 0 aromatic carbocycles. The Morgan fingerprint density at radius 1 is 1.33 bits per heavy atom. The van der Waals surface area contributed by atoms with Crippen LogP contribution in [0.2, 0.25) is 0 Å². The first-order valence-electron chi connectivity index (χ1n) is 6.37. The van der Waals surface area contributed by atoms with E-state index < -0.39 is 0 Å². The molecule has 0 saturated heterocycles. The molecule has 5 heteroatoms. The van der Waals surface area contributed by atoms with Gasteiger partial charge in [-0.15, -0.1) is 10.2 Å². The monoisotopic (exact) mass is 249 g/mol. The third-order valence-corrected chi connectivity index (χ3v) is 2.72. The Morgan fingerprint density at radius 3 is 2.94 bits per heavy atom. The van der Waals surface area contributed by atoms with E-state index >= 15 is 0 Å². The van der Waals surface area contributed by atoms with Crippen LogP contribution in [-0.4, -0.2) is 16.7 Å². The van der Waals surface area contributed by atoms with Gasteiger partial charge in [-0.3, -0.25) is 0 Å². The molecule has 18 heavy (non-hydrogen) atoms. The number of nitrogens with zero attached hydrogens (tertiary/aromatic N) is 2. The summed E-state index contributed by atoms with van der Waals surface area (Å²) in [7, 11) is 0. The molecule has 0 aliphatic rings. The van der Waals surface area contributed by atoms with Crippen molar-refractivity contribution in [3.63, 3.8) is 0 Å². The lowest BCUT2D eigenvalue weighted by Gasteiger charge is -2.07. The molecule has 1 atom stereocenters. The summed E-state index contributed by atoms with van der Waals surface area (Å²) in [5.74, 6) is 2.25. The van der Waals surface area contributed by atoms with Gasteiger partial charge in [-0.25, -0.2) is 0 Å². The van der Waals surface area contributed by atoms with Crippen molar-refractivity contribution >= 4 is 0 Å². The smallest absolute Gasteiger partial charge is 0.233 e. The first-order valence-corrected chi connectivity index (χ1v) is 6.37.